The number of hydrogen-bond donors (Lipinski definition) is 2. The Morgan fingerprint density at radius 1 is 1.29 bits per heavy atom. The van der Waals surface area contributed by atoms with Crippen molar-refractivity contribution in [3.8, 4) is 0 Å². The molecule has 2 unspecified atom stereocenters. The molecule has 0 heterocycles. The van der Waals surface area contributed by atoms with Crippen LogP contribution < -0.4 is 5.73 Å². The van der Waals surface area contributed by atoms with Crippen LogP contribution in [0.2, 0.25) is 0 Å². The molecule has 96 valence electrons. The van der Waals surface area contributed by atoms with Crippen molar-refractivity contribution in [3.05, 3.63) is 35.9 Å². The number of hydrogen-bond acceptors (Lipinski definition) is 2. The van der Waals surface area contributed by atoms with Crippen molar-refractivity contribution in [1.82, 2.24) is 0 Å². The molecule has 17 heavy (non-hydrogen) atoms. The SMILES string of the molecule is CC.CC(CC(N)Cc1ccccc1)C(=O)O. The van der Waals surface area contributed by atoms with Crippen LogP contribution in [0.15, 0.2) is 30.3 Å². The van der Waals surface area contributed by atoms with E-state index in [2.05, 4.69) is 0 Å². The highest BCUT2D eigenvalue weighted by Gasteiger charge is 2.15. The second-order valence-electron chi connectivity index (χ2n) is 3.92. The molecular formula is C14H23NO2. The molecule has 0 aliphatic heterocycles. The van der Waals surface area contributed by atoms with Gasteiger partial charge in [-0.1, -0.05) is 51.1 Å². The highest BCUT2D eigenvalue weighted by Crippen LogP contribution is 2.09. The van der Waals surface area contributed by atoms with Crippen molar-refractivity contribution in [2.75, 3.05) is 0 Å². The minimum absolute atomic E-state index is 0.0847. The van der Waals surface area contributed by atoms with E-state index in [4.69, 9.17) is 10.8 Å². The van der Waals surface area contributed by atoms with E-state index >= 15 is 0 Å². The maximum absolute atomic E-state index is 10.6. The third-order valence-electron chi connectivity index (χ3n) is 2.42. The van der Waals surface area contributed by atoms with E-state index < -0.39 is 5.97 Å². The van der Waals surface area contributed by atoms with Crippen LogP contribution in [0.1, 0.15) is 32.8 Å². The molecule has 1 aromatic rings. The Bertz CT molecular complexity index is 311. The van der Waals surface area contributed by atoms with E-state index in [1.807, 2.05) is 44.2 Å². The van der Waals surface area contributed by atoms with Crippen molar-refractivity contribution in [2.45, 2.75) is 39.7 Å². The largest absolute Gasteiger partial charge is 0.481 e. The predicted octanol–water partition coefficient (Wildman–Crippen LogP) is 2.69. The molecule has 2 atom stereocenters. The molecule has 3 nitrogen and oxygen atoms in total. The molecule has 0 aliphatic carbocycles. The smallest absolute Gasteiger partial charge is 0.306 e. The lowest BCUT2D eigenvalue weighted by Gasteiger charge is -2.14. The van der Waals surface area contributed by atoms with E-state index in [9.17, 15) is 4.79 Å². The van der Waals surface area contributed by atoms with Gasteiger partial charge in [0, 0.05) is 6.04 Å². The van der Waals surface area contributed by atoms with E-state index in [0.717, 1.165) is 12.0 Å². The van der Waals surface area contributed by atoms with E-state index in [1.165, 1.54) is 0 Å². The van der Waals surface area contributed by atoms with Gasteiger partial charge in [0.2, 0.25) is 0 Å². The van der Waals surface area contributed by atoms with Gasteiger partial charge in [0.05, 0.1) is 5.92 Å². The van der Waals surface area contributed by atoms with Gasteiger partial charge in [0.25, 0.3) is 0 Å². The fourth-order valence-electron chi connectivity index (χ4n) is 1.56. The van der Waals surface area contributed by atoms with E-state index in [0.29, 0.717) is 6.42 Å². The third-order valence-corrected chi connectivity index (χ3v) is 2.42. The highest BCUT2D eigenvalue weighted by atomic mass is 16.4. The Hall–Kier alpha value is -1.35. The zero-order chi connectivity index (χ0) is 13.3. The minimum Gasteiger partial charge on any atom is -0.481 e. The Morgan fingerprint density at radius 3 is 2.29 bits per heavy atom. The molecule has 0 aliphatic rings. The first kappa shape index (κ1) is 15.7. The minimum atomic E-state index is -0.779. The summed E-state index contributed by atoms with van der Waals surface area (Å²) in [5, 5.41) is 8.74. The molecule has 0 radical (unpaired) electrons. The Morgan fingerprint density at radius 2 is 1.82 bits per heavy atom. The number of carboxylic acid groups (broad SMARTS) is 1. The van der Waals surface area contributed by atoms with Crippen LogP contribution in [0.25, 0.3) is 0 Å². The summed E-state index contributed by atoms with van der Waals surface area (Å²) in [6.07, 6.45) is 1.25. The fraction of sp³-hybridized carbons (Fsp3) is 0.500. The van der Waals surface area contributed by atoms with Crippen LogP contribution in [0.4, 0.5) is 0 Å². The summed E-state index contributed by atoms with van der Waals surface area (Å²) in [5.41, 5.74) is 7.04. The Balaban J connectivity index is 0.00000121. The number of benzene rings is 1. The zero-order valence-electron chi connectivity index (χ0n) is 10.9. The van der Waals surface area contributed by atoms with Gasteiger partial charge in [0.1, 0.15) is 0 Å². The number of nitrogens with two attached hydrogens (primary N) is 1. The summed E-state index contributed by atoms with van der Waals surface area (Å²) in [5.74, 6) is -1.15. The lowest BCUT2D eigenvalue weighted by molar-refractivity contribution is -0.141. The summed E-state index contributed by atoms with van der Waals surface area (Å²) in [4.78, 5) is 10.6. The van der Waals surface area contributed by atoms with Crippen molar-refractivity contribution in [3.63, 3.8) is 0 Å². The fourth-order valence-corrected chi connectivity index (χ4v) is 1.56. The number of rotatable bonds is 5. The lowest BCUT2D eigenvalue weighted by atomic mass is 9.97. The molecule has 1 rings (SSSR count). The van der Waals surface area contributed by atoms with Gasteiger partial charge in [0.15, 0.2) is 0 Å². The molecular weight excluding hydrogens is 214 g/mol. The third kappa shape index (κ3) is 6.74. The van der Waals surface area contributed by atoms with Crippen LogP contribution in [-0.2, 0) is 11.2 Å². The monoisotopic (exact) mass is 237 g/mol. The number of carboxylic acids is 1. The number of aliphatic carboxylic acids is 1. The standard InChI is InChI=1S/C12H17NO2.C2H6/c1-9(12(14)15)7-11(13)8-10-5-3-2-4-6-10;1-2/h2-6,9,11H,7-8,13H2,1H3,(H,14,15);1-2H3. The summed E-state index contributed by atoms with van der Waals surface area (Å²) in [7, 11) is 0. The second kappa shape index (κ2) is 8.76. The predicted molar refractivity (Wildman–Crippen MR) is 70.9 cm³/mol. The molecule has 0 aromatic heterocycles. The second-order valence-corrected chi connectivity index (χ2v) is 3.92. The van der Waals surface area contributed by atoms with Gasteiger partial charge in [-0.05, 0) is 18.4 Å². The molecule has 3 heteroatoms. The highest BCUT2D eigenvalue weighted by molar-refractivity contribution is 5.69. The maximum atomic E-state index is 10.6. The first-order chi connectivity index (χ1) is 8.09. The molecule has 1 aromatic carbocycles. The van der Waals surface area contributed by atoms with Gasteiger partial charge in [-0.15, -0.1) is 0 Å². The normalized spacial score (nSPS) is 13.2. The van der Waals surface area contributed by atoms with Crippen LogP contribution in [0.5, 0.6) is 0 Å². The Kier molecular flexibility index (Phi) is 8.07. The summed E-state index contributed by atoms with van der Waals surface area (Å²) in [6.45, 7) is 5.69. The lowest BCUT2D eigenvalue weighted by Crippen LogP contribution is -2.28. The van der Waals surface area contributed by atoms with Crippen LogP contribution in [0.3, 0.4) is 0 Å². The van der Waals surface area contributed by atoms with Crippen molar-refractivity contribution in [2.24, 2.45) is 11.7 Å². The topological polar surface area (TPSA) is 63.3 Å². The maximum Gasteiger partial charge on any atom is 0.306 e. The average molecular weight is 237 g/mol. The molecule has 0 saturated carbocycles. The van der Waals surface area contributed by atoms with Crippen LogP contribution in [-0.4, -0.2) is 17.1 Å². The van der Waals surface area contributed by atoms with Crippen LogP contribution in [0, 0.1) is 5.92 Å². The first-order valence-electron chi connectivity index (χ1n) is 6.12. The van der Waals surface area contributed by atoms with Gasteiger partial charge in [-0.2, -0.15) is 0 Å². The van der Waals surface area contributed by atoms with Gasteiger partial charge in [-0.3, -0.25) is 4.79 Å². The van der Waals surface area contributed by atoms with Gasteiger partial charge >= 0.3 is 5.97 Å². The molecule has 0 spiro atoms. The quantitative estimate of drug-likeness (QED) is 0.827. The molecule has 0 bridgehead atoms. The molecule has 0 saturated heterocycles. The Labute approximate surface area is 104 Å². The van der Waals surface area contributed by atoms with Crippen molar-refractivity contribution < 1.29 is 9.90 Å². The van der Waals surface area contributed by atoms with E-state index in [1.54, 1.807) is 6.92 Å². The van der Waals surface area contributed by atoms with Crippen molar-refractivity contribution in [1.29, 1.82) is 0 Å². The van der Waals surface area contributed by atoms with Gasteiger partial charge in [-0.25, -0.2) is 0 Å². The summed E-state index contributed by atoms with van der Waals surface area (Å²) in [6, 6.07) is 9.80. The molecule has 0 fully saturated rings. The summed E-state index contributed by atoms with van der Waals surface area (Å²) >= 11 is 0. The average Bonchev–Trinajstić information content (AvgIpc) is 2.32. The molecule has 3 N–H and O–H groups in total. The van der Waals surface area contributed by atoms with Crippen LogP contribution >= 0.6 is 0 Å². The summed E-state index contributed by atoms with van der Waals surface area (Å²) < 4.78 is 0. The number of carbonyl (C=O) groups is 1. The zero-order valence-corrected chi connectivity index (χ0v) is 10.9. The van der Waals surface area contributed by atoms with E-state index in [-0.39, 0.29) is 12.0 Å². The molecule has 0 amide bonds. The van der Waals surface area contributed by atoms with Crippen molar-refractivity contribution >= 4 is 5.97 Å². The van der Waals surface area contributed by atoms with Gasteiger partial charge < -0.3 is 10.8 Å². The first-order valence-corrected chi connectivity index (χ1v) is 6.12.